The molecule has 5 heteroatoms. The molecule has 19 heavy (non-hydrogen) atoms. The van der Waals surface area contributed by atoms with Gasteiger partial charge >= 0.3 is 0 Å². The lowest BCUT2D eigenvalue weighted by molar-refractivity contribution is -0.145. The molecule has 106 valence electrons. The normalized spacial score (nSPS) is 22.4. The smallest absolute Gasteiger partial charge is 0.240 e. The molecule has 1 heterocycles. The van der Waals surface area contributed by atoms with Crippen LogP contribution in [0.3, 0.4) is 0 Å². The zero-order valence-electron chi connectivity index (χ0n) is 11.9. The third kappa shape index (κ3) is 2.80. The molecule has 0 atom stereocenters. The Morgan fingerprint density at radius 2 is 1.84 bits per heavy atom. The number of amides is 3. The molecule has 1 N–H and O–H groups in total. The first kappa shape index (κ1) is 14.0. The average Bonchev–Trinajstić information content (AvgIpc) is 2.79. The van der Waals surface area contributed by atoms with Crippen LogP contribution in [-0.2, 0) is 14.4 Å². The van der Waals surface area contributed by atoms with Crippen LogP contribution in [0.5, 0.6) is 0 Å². The van der Waals surface area contributed by atoms with Crippen LogP contribution in [0.25, 0.3) is 0 Å². The summed E-state index contributed by atoms with van der Waals surface area (Å²) in [5.74, 6) is -0.612. The molecule has 0 aromatic heterocycles. The number of rotatable bonds is 2. The van der Waals surface area contributed by atoms with Crippen molar-refractivity contribution in [1.82, 2.24) is 10.2 Å². The van der Waals surface area contributed by atoms with Crippen molar-refractivity contribution >= 4 is 17.7 Å². The van der Waals surface area contributed by atoms with Gasteiger partial charge in [0.05, 0.1) is 5.41 Å². The van der Waals surface area contributed by atoms with Gasteiger partial charge in [-0.3, -0.25) is 19.3 Å². The van der Waals surface area contributed by atoms with Gasteiger partial charge in [0.2, 0.25) is 17.7 Å². The zero-order valence-corrected chi connectivity index (χ0v) is 11.9. The second kappa shape index (κ2) is 4.62. The topological polar surface area (TPSA) is 66.5 Å². The molecular weight excluding hydrogens is 244 g/mol. The van der Waals surface area contributed by atoms with Crippen molar-refractivity contribution in [3.63, 3.8) is 0 Å². The predicted octanol–water partition coefficient (Wildman–Crippen LogP) is 1.22. The summed E-state index contributed by atoms with van der Waals surface area (Å²) in [6.07, 6.45) is 3.86. The van der Waals surface area contributed by atoms with Crippen LogP contribution in [0.15, 0.2) is 0 Å². The van der Waals surface area contributed by atoms with Gasteiger partial charge in [-0.05, 0) is 33.6 Å². The summed E-state index contributed by atoms with van der Waals surface area (Å²) in [6, 6.07) is 0. The maximum atomic E-state index is 12.4. The summed E-state index contributed by atoms with van der Waals surface area (Å²) in [5.41, 5.74) is -0.840. The quantitative estimate of drug-likeness (QED) is 0.764. The van der Waals surface area contributed by atoms with Gasteiger partial charge in [-0.15, -0.1) is 0 Å². The van der Waals surface area contributed by atoms with E-state index in [0.29, 0.717) is 0 Å². The molecule has 1 saturated heterocycles. The fourth-order valence-corrected chi connectivity index (χ4v) is 3.06. The number of carbonyl (C=O) groups excluding carboxylic acids is 3. The molecule has 1 saturated carbocycles. The maximum Gasteiger partial charge on any atom is 0.240 e. The fraction of sp³-hybridized carbons (Fsp3) is 0.786. The van der Waals surface area contributed by atoms with Crippen LogP contribution >= 0.6 is 0 Å². The summed E-state index contributed by atoms with van der Waals surface area (Å²) >= 11 is 0. The van der Waals surface area contributed by atoms with Crippen molar-refractivity contribution < 1.29 is 14.4 Å². The molecule has 0 bridgehead atoms. The van der Waals surface area contributed by atoms with Crippen LogP contribution < -0.4 is 5.32 Å². The minimum absolute atomic E-state index is 0.140. The average molecular weight is 266 g/mol. The zero-order chi connectivity index (χ0) is 14.3. The molecule has 0 unspecified atom stereocenters. The van der Waals surface area contributed by atoms with Gasteiger partial charge in [-0.1, -0.05) is 12.8 Å². The van der Waals surface area contributed by atoms with Crippen LogP contribution in [0.4, 0.5) is 0 Å². The third-order valence-corrected chi connectivity index (χ3v) is 3.87. The maximum absolute atomic E-state index is 12.4. The molecule has 2 rings (SSSR count). The Morgan fingerprint density at radius 1 is 1.26 bits per heavy atom. The van der Waals surface area contributed by atoms with E-state index in [4.69, 9.17) is 0 Å². The van der Waals surface area contributed by atoms with Crippen LogP contribution in [0.1, 0.15) is 52.9 Å². The Labute approximate surface area is 113 Å². The summed E-state index contributed by atoms with van der Waals surface area (Å²) < 4.78 is 0. The van der Waals surface area contributed by atoms with Crippen LogP contribution in [0, 0.1) is 5.41 Å². The highest BCUT2D eigenvalue weighted by molar-refractivity contribution is 6.08. The van der Waals surface area contributed by atoms with E-state index in [2.05, 4.69) is 5.32 Å². The summed E-state index contributed by atoms with van der Waals surface area (Å²) in [4.78, 5) is 37.3. The number of carbonyl (C=O) groups is 3. The molecule has 3 amide bonds. The van der Waals surface area contributed by atoms with Gasteiger partial charge in [0.25, 0.3) is 0 Å². The van der Waals surface area contributed by atoms with Crippen molar-refractivity contribution in [1.29, 1.82) is 0 Å². The fourth-order valence-electron chi connectivity index (χ4n) is 3.06. The van der Waals surface area contributed by atoms with Crippen molar-refractivity contribution in [2.75, 3.05) is 6.54 Å². The minimum Gasteiger partial charge on any atom is -0.350 e. The summed E-state index contributed by atoms with van der Waals surface area (Å²) in [6.45, 7) is 5.47. The highest BCUT2D eigenvalue weighted by Gasteiger charge is 2.52. The highest BCUT2D eigenvalue weighted by atomic mass is 16.2. The van der Waals surface area contributed by atoms with E-state index in [9.17, 15) is 14.4 Å². The van der Waals surface area contributed by atoms with E-state index < -0.39 is 5.41 Å². The molecule has 0 aromatic rings. The lowest BCUT2D eigenvalue weighted by Gasteiger charge is -2.24. The van der Waals surface area contributed by atoms with Crippen molar-refractivity contribution in [3.05, 3.63) is 0 Å². The van der Waals surface area contributed by atoms with Gasteiger partial charge < -0.3 is 5.32 Å². The lowest BCUT2D eigenvalue weighted by atomic mass is 9.84. The Morgan fingerprint density at radius 3 is 2.37 bits per heavy atom. The molecule has 2 fully saturated rings. The lowest BCUT2D eigenvalue weighted by Crippen LogP contribution is -2.47. The predicted molar refractivity (Wildman–Crippen MR) is 70.1 cm³/mol. The van der Waals surface area contributed by atoms with Crippen LogP contribution in [-0.4, -0.2) is 34.7 Å². The SMILES string of the molecule is CC(C)(C)NC(=O)CN1C(=O)CC2(CCCC2)C1=O. The largest absolute Gasteiger partial charge is 0.350 e. The van der Waals surface area contributed by atoms with Gasteiger partial charge in [0, 0.05) is 12.0 Å². The molecule has 1 aliphatic heterocycles. The van der Waals surface area contributed by atoms with E-state index in [1.807, 2.05) is 20.8 Å². The van der Waals surface area contributed by atoms with E-state index in [-0.39, 0.29) is 36.2 Å². The van der Waals surface area contributed by atoms with Crippen molar-refractivity contribution in [2.24, 2.45) is 5.41 Å². The standard InChI is InChI=1S/C14H22N2O3/c1-13(2,3)15-10(17)9-16-11(18)8-14(12(16)19)6-4-5-7-14/h4-9H2,1-3H3,(H,15,17). The van der Waals surface area contributed by atoms with E-state index >= 15 is 0 Å². The molecule has 2 aliphatic rings. The number of hydrogen-bond acceptors (Lipinski definition) is 3. The Balaban J connectivity index is 2.03. The Kier molecular flexibility index (Phi) is 3.41. The van der Waals surface area contributed by atoms with Crippen molar-refractivity contribution in [2.45, 2.75) is 58.4 Å². The molecule has 0 aromatic carbocycles. The monoisotopic (exact) mass is 266 g/mol. The summed E-state index contributed by atoms with van der Waals surface area (Å²) in [7, 11) is 0. The third-order valence-electron chi connectivity index (χ3n) is 3.87. The summed E-state index contributed by atoms with van der Waals surface area (Å²) in [5, 5.41) is 2.78. The molecular formula is C14H22N2O3. The Bertz CT molecular complexity index is 417. The Hall–Kier alpha value is -1.39. The van der Waals surface area contributed by atoms with E-state index in [0.717, 1.165) is 30.6 Å². The molecule has 1 aliphatic carbocycles. The first-order chi connectivity index (χ1) is 8.73. The van der Waals surface area contributed by atoms with E-state index in [1.165, 1.54) is 0 Å². The van der Waals surface area contributed by atoms with Crippen LogP contribution in [0.2, 0.25) is 0 Å². The first-order valence-corrected chi connectivity index (χ1v) is 6.89. The number of likely N-dealkylation sites (tertiary alicyclic amines) is 1. The molecule has 1 spiro atoms. The second-order valence-electron chi connectivity index (χ2n) is 6.75. The minimum atomic E-state index is -0.487. The van der Waals surface area contributed by atoms with Gasteiger partial charge in [0.1, 0.15) is 6.54 Å². The number of hydrogen-bond donors (Lipinski definition) is 1. The van der Waals surface area contributed by atoms with Gasteiger partial charge in [0.15, 0.2) is 0 Å². The second-order valence-corrected chi connectivity index (χ2v) is 6.75. The van der Waals surface area contributed by atoms with E-state index in [1.54, 1.807) is 0 Å². The molecule has 5 nitrogen and oxygen atoms in total. The van der Waals surface area contributed by atoms with Gasteiger partial charge in [-0.2, -0.15) is 0 Å². The first-order valence-electron chi connectivity index (χ1n) is 6.89. The van der Waals surface area contributed by atoms with Gasteiger partial charge in [-0.25, -0.2) is 0 Å². The number of nitrogens with zero attached hydrogens (tertiary/aromatic N) is 1. The van der Waals surface area contributed by atoms with Crippen molar-refractivity contribution in [3.8, 4) is 0 Å². The number of nitrogens with one attached hydrogen (secondary N) is 1. The molecule has 0 radical (unpaired) electrons. The highest BCUT2D eigenvalue weighted by Crippen LogP contribution is 2.46. The number of imide groups is 1.